The van der Waals surface area contributed by atoms with Crippen LogP contribution in [0.1, 0.15) is 64.4 Å². The summed E-state index contributed by atoms with van der Waals surface area (Å²) in [7, 11) is 1.56. The predicted molar refractivity (Wildman–Crippen MR) is 142 cm³/mol. The van der Waals surface area contributed by atoms with Crippen molar-refractivity contribution >= 4 is 29.3 Å². The highest BCUT2D eigenvalue weighted by atomic mass is 16.6. The molecule has 0 spiro atoms. The summed E-state index contributed by atoms with van der Waals surface area (Å²) < 4.78 is 10.6. The zero-order chi connectivity index (χ0) is 28.2. The quantitative estimate of drug-likeness (QED) is 0.322. The van der Waals surface area contributed by atoms with Crippen molar-refractivity contribution in [3.8, 4) is 5.75 Å². The van der Waals surface area contributed by atoms with Gasteiger partial charge >= 0.3 is 0 Å². The van der Waals surface area contributed by atoms with E-state index in [4.69, 9.17) is 9.47 Å². The maximum atomic E-state index is 13.6. The van der Waals surface area contributed by atoms with E-state index >= 15 is 0 Å². The number of benzene rings is 1. The van der Waals surface area contributed by atoms with Gasteiger partial charge in [0.1, 0.15) is 29.2 Å². The van der Waals surface area contributed by atoms with Crippen LogP contribution in [-0.4, -0.2) is 66.7 Å². The standard InChI is InChI=1S/C29H39N3O7/c1-17(30-27(36)20-14-21(33)15-20)26(35)32-24(13-19-8-10-22(38-3)11-9-19)28(37)31-23(12-18-6-4-5-7-18)25(34)29(2)16-39-29/h8-11,17-18,20,23-24H,4-7,12-16H2,1-3H3,(H,30,36)(H,31,37)(H,32,35)/t17-,23+,24+,29-/m1/s1. The minimum Gasteiger partial charge on any atom is -0.497 e. The normalized spacial score (nSPS) is 23.2. The van der Waals surface area contributed by atoms with E-state index in [2.05, 4.69) is 16.0 Å². The summed E-state index contributed by atoms with van der Waals surface area (Å²) in [6, 6.07) is 4.56. The molecule has 212 valence electrons. The molecule has 4 atom stereocenters. The van der Waals surface area contributed by atoms with E-state index in [0.717, 1.165) is 31.2 Å². The van der Waals surface area contributed by atoms with Crippen LogP contribution in [0.5, 0.6) is 5.75 Å². The van der Waals surface area contributed by atoms with Crippen LogP contribution in [0.25, 0.3) is 0 Å². The lowest BCUT2D eigenvalue weighted by atomic mass is 9.83. The summed E-state index contributed by atoms with van der Waals surface area (Å²) in [6.07, 6.45) is 5.35. The van der Waals surface area contributed by atoms with Crippen molar-refractivity contribution in [3.63, 3.8) is 0 Å². The summed E-state index contributed by atoms with van der Waals surface area (Å²) in [5, 5.41) is 8.33. The Hall–Kier alpha value is -3.27. The third-order valence-corrected chi connectivity index (χ3v) is 8.08. The van der Waals surface area contributed by atoms with Gasteiger partial charge in [0.2, 0.25) is 17.7 Å². The molecular weight excluding hydrogens is 502 g/mol. The van der Waals surface area contributed by atoms with E-state index in [-0.39, 0.29) is 36.7 Å². The number of rotatable bonds is 13. The number of carbonyl (C=O) groups is 5. The van der Waals surface area contributed by atoms with Crippen molar-refractivity contribution in [2.24, 2.45) is 11.8 Å². The van der Waals surface area contributed by atoms with Gasteiger partial charge in [-0.15, -0.1) is 0 Å². The maximum absolute atomic E-state index is 13.6. The number of ketones is 2. The van der Waals surface area contributed by atoms with Crippen LogP contribution >= 0.6 is 0 Å². The predicted octanol–water partition coefficient (Wildman–Crippen LogP) is 1.63. The minimum absolute atomic E-state index is 0.0237. The Morgan fingerprint density at radius 1 is 1.00 bits per heavy atom. The molecule has 0 aromatic heterocycles. The number of nitrogens with one attached hydrogen (secondary N) is 3. The second-order valence-electron chi connectivity index (χ2n) is 11.3. The van der Waals surface area contributed by atoms with Gasteiger partial charge < -0.3 is 25.4 Å². The van der Waals surface area contributed by atoms with E-state index in [1.807, 2.05) is 12.1 Å². The van der Waals surface area contributed by atoms with Crippen molar-refractivity contribution in [3.05, 3.63) is 29.8 Å². The first-order chi connectivity index (χ1) is 18.6. The van der Waals surface area contributed by atoms with Crippen LogP contribution < -0.4 is 20.7 Å². The molecule has 0 bridgehead atoms. The molecule has 1 aromatic rings. The summed E-state index contributed by atoms with van der Waals surface area (Å²) >= 11 is 0. The Bertz CT molecular complexity index is 1080. The number of epoxide rings is 1. The molecule has 3 aliphatic rings. The van der Waals surface area contributed by atoms with Gasteiger partial charge in [0.25, 0.3) is 0 Å². The van der Waals surface area contributed by atoms with Gasteiger partial charge in [0.15, 0.2) is 5.78 Å². The first-order valence-corrected chi connectivity index (χ1v) is 13.8. The fourth-order valence-electron chi connectivity index (χ4n) is 5.28. The van der Waals surface area contributed by atoms with E-state index in [9.17, 15) is 24.0 Å². The Kier molecular flexibility index (Phi) is 9.04. The van der Waals surface area contributed by atoms with Gasteiger partial charge in [-0.05, 0) is 43.9 Å². The Labute approximate surface area is 228 Å². The number of carbonyl (C=O) groups excluding carboxylic acids is 5. The fourth-order valence-corrected chi connectivity index (χ4v) is 5.28. The molecule has 3 N–H and O–H groups in total. The summed E-state index contributed by atoms with van der Waals surface area (Å²) in [6.45, 7) is 3.60. The van der Waals surface area contributed by atoms with Gasteiger partial charge in [0, 0.05) is 19.3 Å². The van der Waals surface area contributed by atoms with Crippen LogP contribution in [0, 0.1) is 11.8 Å². The van der Waals surface area contributed by atoms with Crippen LogP contribution in [0.4, 0.5) is 0 Å². The van der Waals surface area contributed by atoms with E-state index in [1.54, 1.807) is 26.2 Å². The average molecular weight is 542 g/mol. The third kappa shape index (κ3) is 7.44. The van der Waals surface area contributed by atoms with Crippen molar-refractivity contribution in [2.45, 2.75) is 88.9 Å². The van der Waals surface area contributed by atoms with Crippen molar-refractivity contribution in [1.29, 1.82) is 0 Å². The number of ether oxygens (including phenoxy) is 2. The highest BCUT2D eigenvalue weighted by Gasteiger charge is 2.50. The Morgan fingerprint density at radius 2 is 1.62 bits per heavy atom. The molecule has 3 amide bonds. The first kappa shape index (κ1) is 28.7. The molecule has 10 nitrogen and oxygen atoms in total. The average Bonchev–Trinajstić information content (AvgIpc) is 3.44. The van der Waals surface area contributed by atoms with Crippen LogP contribution in [0.15, 0.2) is 24.3 Å². The maximum Gasteiger partial charge on any atom is 0.243 e. The zero-order valence-electron chi connectivity index (χ0n) is 22.9. The zero-order valence-corrected chi connectivity index (χ0v) is 22.9. The van der Waals surface area contributed by atoms with Gasteiger partial charge in [0.05, 0.1) is 25.7 Å². The van der Waals surface area contributed by atoms with Crippen LogP contribution in [0.2, 0.25) is 0 Å². The number of hydrogen-bond donors (Lipinski definition) is 3. The second-order valence-corrected chi connectivity index (χ2v) is 11.3. The van der Waals surface area contributed by atoms with Crippen molar-refractivity contribution in [1.82, 2.24) is 16.0 Å². The van der Waals surface area contributed by atoms with Crippen LogP contribution in [-0.2, 0) is 35.1 Å². The highest BCUT2D eigenvalue weighted by molar-refractivity contribution is 5.99. The molecule has 0 radical (unpaired) electrons. The lowest BCUT2D eigenvalue weighted by Crippen LogP contribution is -2.57. The molecule has 2 aliphatic carbocycles. The van der Waals surface area contributed by atoms with Crippen molar-refractivity contribution in [2.75, 3.05) is 13.7 Å². The minimum atomic E-state index is -0.984. The molecule has 1 aromatic carbocycles. The van der Waals surface area contributed by atoms with E-state index in [1.165, 1.54) is 6.92 Å². The fraction of sp³-hybridized carbons (Fsp3) is 0.621. The lowest BCUT2D eigenvalue weighted by Gasteiger charge is -2.27. The molecule has 1 heterocycles. The number of hydrogen-bond acceptors (Lipinski definition) is 7. The largest absolute Gasteiger partial charge is 0.497 e. The van der Waals surface area contributed by atoms with Gasteiger partial charge in [-0.25, -0.2) is 0 Å². The van der Waals surface area contributed by atoms with Gasteiger partial charge in [-0.3, -0.25) is 24.0 Å². The van der Waals surface area contributed by atoms with E-state index in [0.29, 0.717) is 24.7 Å². The van der Waals surface area contributed by atoms with Crippen molar-refractivity contribution < 1.29 is 33.4 Å². The molecule has 10 heteroatoms. The Balaban J connectivity index is 1.46. The molecule has 1 saturated heterocycles. The highest BCUT2D eigenvalue weighted by Crippen LogP contribution is 2.33. The number of amides is 3. The SMILES string of the molecule is COc1ccc(C[C@H](NC(=O)[C@@H](C)NC(=O)C2CC(=O)C2)C(=O)N[C@@H](CC2CCCC2)C(=O)[C@@]2(C)CO2)cc1. The first-order valence-electron chi connectivity index (χ1n) is 13.8. The monoisotopic (exact) mass is 541 g/mol. The molecule has 39 heavy (non-hydrogen) atoms. The Morgan fingerprint density at radius 3 is 2.18 bits per heavy atom. The molecular formula is C29H39N3O7. The summed E-state index contributed by atoms with van der Waals surface area (Å²) in [4.78, 5) is 63.5. The van der Waals surface area contributed by atoms with Gasteiger partial charge in [-0.1, -0.05) is 37.8 Å². The second kappa shape index (κ2) is 12.3. The molecule has 3 fully saturated rings. The summed E-state index contributed by atoms with van der Waals surface area (Å²) in [5.41, 5.74) is -0.0930. The third-order valence-electron chi connectivity index (χ3n) is 8.08. The number of Topliss-reactive ketones (excluding diaryl/α,β-unsaturated/α-hetero) is 2. The smallest absolute Gasteiger partial charge is 0.243 e. The summed E-state index contributed by atoms with van der Waals surface area (Å²) in [5.74, 6) is -0.877. The molecule has 2 saturated carbocycles. The molecule has 1 aliphatic heterocycles. The number of methoxy groups -OCH3 is 1. The van der Waals surface area contributed by atoms with Gasteiger partial charge in [-0.2, -0.15) is 0 Å². The van der Waals surface area contributed by atoms with Crippen LogP contribution in [0.3, 0.4) is 0 Å². The molecule has 0 unspecified atom stereocenters. The lowest BCUT2D eigenvalue weighted by molar-refractivity contribution is -0.139. The molecule has 4 rings (SSSR count). The topological polar surface area (TPSA) is 143 Å². The van der Waals surface area contributed by atoms with E-state index < -0.39 is 41.5 Å².